The van der Waals surface area contributed by atoms with Crippen molar-refractivity contribution >= 4 is 7.26 Å². The lowest BCUT2D eigenvalue weighted by Gasteiger charge is -2.10. The monoisotopic (exact) mass is 576 g/mol. The van der Waals surface area contributed by atoms with E-state index in [2.05, 4.69) is 26.9 Å². The first kappa shape index (κ1) is 38.1. The van der Waals surface area contributed by atoms with Crippen molar-refractivity contribution in [1.82, 2.24) is 0 Å². The van der Waals surface area contributed by atoms with Crippen LogP contribution in [0.1, 0.15) is 187 Å². The van der Waals surface area contributed by atoms with Crippen LogP contribution in [-0.4, -0.2) is 26.2 Å². The van der Waals surface area contributed by atoms with E-state index in [4.69, 9.17) is 0 Å². The van der Waals surface area contributed by atoms with Gasteiger partial charge in [-0.25, -0.2) is 0 Å². The maximum atomic E-state index is 2.48. The van der Waals surface area contributed by atoms with Crippen LogP contribution in [-0.2, 0) is 0 Å². The summed E-state index contributed by atoms with van der Waals surface area (Å²) in [6.45, 7) is 9.75. The molecule has 35 heavy (non-hydrogen) atoms. The summed E-state index contributed by atoms with van der Waals surface area (Å²) in [5.41, 5.74) is 0. The highest BCUT2D eigenvalue weighted by Gasteiger charge is 2.15. The van der Waals surface area contributed by atoms with Crippen molar-refractivity contribution in [3.05, 3.63) is 0 Å². The van der Waals surface area contributed by atoms with Crippen LogP contribution in [0, 0.1) is 0 Å². The predicted molar refractivity (Wildman–Crippen MR) is 165 cm³/mol. The van der Waals surface area contributed by atoms with Gasteiger partial charge in [0.05, 0.1) is 6.16 Å². The van der Waals surface area contributed by atoms with Crippen molar-refractivity contribution < 1.29 is 17.0 Å². The number of rotatable bonds is 29. The Morgan fingerprint density at radius 1 is 0.286 bits per heavy atom. The number of unbranched alkanes of at least 4 members (excludes halogenated alkanes) is 27. The van der Waals surface area contributed by atoms with Crippen LogP contribution < -0.4 is 17.0 Å². The van der Waals surface area contributed by atoms with E-state index in [1.165, 1.54) is 186 Å². The summed E-state index contributed by atoms with van der Waals surface area (Å²) in [5, 5.41) is 0. The third-order valence-electron chi connectivity index (χ3n) is 7.68. The van der Waals surface area contributed by atoms with Gasteiger partial charge in [0, 0.05) is 27.3 Å². The quantitative estimate of drug-likeness (QED) is 0.0613. The van der Waals surface area contributed by atoms with Gasteiger partial charge in [-0.05, 0) is 12.8 Å². The molecule has 0 N–H and O–H groups in total. The summed E-state index contributed by atoms with van der Waals surface area (Å²) in [6, 6.07) is 0. The zero-order valence-electron chi connectivity index (χ0n) is 25.3. The van der Waals surface area contributed by atoms with E-state index in [9.17, 15) is 0 Å². The van der Waals surface area contributed by atoms with Gasteiger partial charge in [-0.2, -0.15) is 0 Å². The zero-order valence-corrected chi connectivity index (χ0v) is 27.8. The zero-order chi connectivity index (χ0) is 25.0. The minimum atomic E-state index is -0.517. The molecule has 0 aromatic carbocycles. The highest BCUT2D eigenvalue weighted by atomic mass is 79.9. The molecule has 0 fully saturated rings. The molecule has 0 aromatic heterocycles. The van der Waals surface area contributed by atoms with Gasteiger partial charge in [0.2, 0.25) is 0 Å². The minimum absolute atomic E-state index is 0. The summed E-state index contributed by atoms with van der Waals surface area (Å²) in [4.78, 5) is 0. The normalized spacial score (nSPS) is 11.7. The number of hydrogen-bond acceptors (Lipinski definition) is 0. The molecule has 0 radical (unpaired) electrons. The molecule has 0 aromatic rings. The van der Waals surface area contributed by atoms with Gasteiger partial charge in [0.1, 0.15) is 0 Å². The second kappa shape index (κ2) is 31.1. The van der Waals surface area contributed by atoms with Crippen molar-refractivity contribution in [1.29, 1.82) is 0 Å². The van der Waals surface area contributed by atoms with Crippen LogP contribution in [0.5, 0.6) is 0 Å². The molecule has 2 heteroatoms. The molecule has 214 valence electrons. The van der Waals surface area contributed by atoms with Crippen molar-refractivity contribution in [3.8, 4) is 0 Å². The molecular formula is C33H70BrP. The van der Waals surface area contributed by atoms with E-state index < -0.39 is 7.26 Å². The van der Waals surface area contributed by atoms with E-state index in [-0.39, 0.29) is 17.0 Å². The first-order valence-corrected chi connectivity index (χ1v) is 19.7. The summed E-state index contributed by atoms with van der Waals surface area (Å²) in [7, 11) is -0.517. The van der Waals surface area contributed by atoms with Crippen LogP contribution in [0.15, 0.2) is 0 Å². The highest BCUT2D eigenvalue weighted by molar-refractivity contribution is 7.73. The van der Waals surface area contributed by atoms with E-state index >= 15 is 0 Å². The molecule has 0 rings (SSSR count). The fraction of sp³-hybridized carbons (Fsp3) is 1.00. The Kier molecular flexibility index (Phi) is 33.9. The smallest absolute Gasteiger partial charge is 0.0586 e. The van der Waals surface area contributed by atoms with Crippen LogP contribution in [0.3, 0.4) is 0 Å². The van der Waals surface area contributed by atoms with Crippen molar-refractivity contribution in [2.45, 2.75) is 187 Å². The van der Waals surface area contributed by atoms with Crippen LogP contribution in [0.4, 0.5) is 0 Å². The molecule has 0 aliphatic carbocycles. The minimum Gasteiger partial charge on any atom is -1.00 e. The van der Waals surface area contributed by atoms with Gasteiger partial charge in [0.25, 0.3) is 0 Å². The molecule has 0 amide bonds. The van der Waals surface area contributed by atoms with Gasteiger partial charge < -0.3 is 17.0 Å². The van der Waals surface area contributed by atoms with Crippen LogP contribution in [0.2, 0.25) is 0 Å². The summed E-state index contributed by atoms with van der Waals surface area (Å²) in [6.07, 6.45) is 43.1. The van der Waals surface area contributed by atoms with Gasteiger partial charge in [-0.3, -0.25) is 0 Å². The van der Waals surface area contributed by atoms with Gasteiger partial charge in [0.15, 0.2) is 0 Å². The number of hydrogen-bond donors (Lipinski definition) is 0. The first-order valence-electron chi connectivity index (χ1n) is 16.4. The molecule has 0 bridgehead atoms. The molecule has 0 spiro atoms. The Morgan fingerprint density at radius 2 is 0.457 bits per heavy atom. The van der Waals surface area contributed by atoms with Crippen molar-refractivity contribution in [2.24, 2.45) is 0 Å². The Balaban J connectivity index is 0. The molecule has 0 saturated heterocycles. The lowest BCUT2D eigenvalue weighted by atomic mass is 10.0. The summed E-state index contributed by atoms with van der Waals surface area (Å²) >= 11 is 0. The van der Waals surface area contributed by atoms with Gasteiger partial charge in [-0.15, -0.1) is 0 Å². The fourth-order valence-corrected chi connectivity index (χ4v) is 6.43. The number of halogens is 1. The van der Waals surface area contributed by atoms with Gasteiger partial charge in [-0.1, -0.05) is 174 Å². The fourth-order valence-electron chi connectivity index (χ4n) is 5.26. The third kappa shape index (κ3) is 37.1. The average Bonchev–Trinajstić information content (AvgIpc) is 2.80. The predicted octanol–water partition coefficient (Wildman–Crippen LogP) is 9.84. The van der Waals surface area contributed by atoms with E-state index in [1.807, 2.05) is 0 Å². The summed E-state index contributed by atoms with van der Waals surface area (Å²) in [5.74, 6) is 0. The Bertz CT molecular complexity index is 363. The molecule has 0 atom stereocenters. The van der Waals surface area contributed by atoms with Crippen molar-refractivity contribution in [2.75, 3.05) is 26.2 Å². The Morgan fingerprint density at radius 3 is 0.629 bits per heavy atom. The van der Waals surface area contributed by atoms with Crippen molar-refractivity contribution in [3.63, 3.8) is 0 Å². The maximum absolute atomic E-state index is 2.48. The Hall–Kier alpha value is 0.910. The average molecular weight is 578 g/mol. The lowest BCUT2D eigenvalue weighted by Crippen LogP contribution is -3.00. The molecule has 0 saturated carbocycles. The van der Waals surface area contributed by atoms with Crippen LogP contribution >= 0.6 is 7.26 Å². The SMILES string of the molecule is CCCCCCCCCCCCCCCCCCCCCCCCCCCCCC[P+](C)(C)C.[Br-]. The maximum Gasteiger partial charge on any atom is 0.0586 e. The molecule has 0 nitrogen and oxygen atoms in total. The topological polar surface area (TPSA) is 0 Å². The second-order valence-electron chi connectivity index (χ2n) is 12.6. The molecule has 0 heterocycles. The lowest BCUT2D eigenvalue weighted by molar-refractivity contribution is -0.00000785. The molecule has 0 unspecified atom stereocenters. The van der Waals surface area contributed by atoms with Crippen LogP contribution in [0.25, 0.3) is 0 Å². The van der Waals surface area contributed by atoms with E-state index in [0.717, 1.165) is 0 Å². The first-order chi connectivity index (χ1) is 16.6. The Labute approximate surface area is 236 Å². The standard InChI is InChI=1S/C33H70P.BrH/c1-5-6-7-8-9-10-11-12-13-14-15-16-17-18-19-20-21-22-23-24-25-26-27-28-29-30-31-32-33-34(2,3)4;/h5-33H2,1-4H3;1H/q+1;/p-1. The van der Waals surface area contributed by atoms with E-state index in [1.54, 1.807) is 0 Å². The van der Waals surface area contributed by atoms with Gasteiger partial charge >= 0.3 is 0 Å². The molecule has 0 aliphatic rings. The molecule has 0 aliphatic heterocycles. The van der Waals surface area contributed by atoms with E-state index in [0.29, 0.717) is 0 Å². The largest absolute Gasteiger partial charge is 1.00 e. The highest BCUT2D eigenvalue weighted by Crippen LogP contribution is 2.47. The molecular weight excluding hydrogens is 507 g/mol. The third-order valence-corrected chi connectivity index (χ3v) is 9.34. The summed E-state index contributed by atoms with van der Waals surface area (Å²) < 4.78 is 0. The second-order valence-corrected chi connectivity index (χ2v) is 17.6.